The lowest BCUT2D eigenvalue weighted by atomic mass is 10.1. The van der Waals surface area contributed by atoms with Gasteiger partial charge in [-0.2, -0.15) is 0 Å². The third-order valence-electron chi connectivity index (χ3n) is 4.05. The van der Waals surface area contributed by atoms with Crippen molar-refractivity contribution < 1.29 is 5.11 Å². The summed E-state index contributed by atoms with van der Waals surface area (Å²) < 4.78 is 0. The van der Waals surface area contributed by atoms with Crippen LogP contribution in [0.2, 0.25) is 0 Å². The number of thiophene rings is 1. The van der Waals surface area contributed by atoms with Gasteiger partial charge in [0.1, 0.15) is 0 Å². The normalized spacial score (nSPS) is 23.0. The molecule has 22 heavy (non-hydrogen) atoms. The van der Waals surface area contributed by atoms with Crippen molar-refractivity contribution in [3.05, 3.63) is 22.4 Å². The molecular formula is C16H28IN3OS. The van der Waals surface area contributed by atoms with Gasteiger partial charge in [-0.3, -0.25) is 4.99 Å². The standard InChI is InChI=1S/C16H27N3OS.HI/c1-3-17-16(19-11-13-6-4-7-14(13)20)18-10-12(2)15-8-5-9-21-15;/h5,8-9,12-14,20H,3-4,6-7,10-11H2,1-2H3,(H2,17,18,19);1H. The highest BCUT2D eigenvalue weighted by Crippen LogP contribution is 2.24. The Balaban J connectivity index is 0.00000242. The minimum Gasteiger partial charge on any atom is -0.393 e. The summed E-state index contributed by atoms with van der Waals surface area (Å²) >= 11 is 1.79. The van der Waals surface area contributed by atoms with E-state index in [2.05, 4.69) is 47.0 Å². The number of guanidine groups is 1. The smallest absolute Gasteiger partial charge is 0.191 e. The van der Waals surface area contributed by atoms with E-state index in [4.69, 9.17) is 0 Å². The Hall–Kier alpha value is -0.340. The van der Waals surface area contributed by atoms with Crippen LogP contribution < -0.4 is 10.6 Å². The highest BCUT2D eigenvalue weighted by molar-refractivity contribution is 14.0. The largest absolute Gasteiger partial charge is 0.393 e. The van der Waals surface area contributed by atoms with E-state index in [9.17, 15) is 5.11 Å². The van der Waals surface area contributed by atoms with Crippen molar-refractivity contribution in [1.82, 2.24) is 10.6 Å². The molecule has 0 aromatic carbocycles. The summed E-state index contributed by atoms with van der Waals surface area (Å²) in [5.41, 5.74) is 0. The highest BCUT2D eigenvalue weighted by atomic mass is 127. The van der Waals surface area contributed by atoms with Crippen molar-refractivity contribution in [2.45, 2.75) is 45.1 Å². The lowest BCUT2D eigenvalue weighted by molar-refractivity contribution is 0.134. The molecule has 3 unspecified atom stereocenters. The van der Waals surface area contributed by atoms with Gasteiger partial charge in [0.15, 0.2) is 5.96 Å². The van der Waals surface area contributed by atoms with Crippen LogP contribution in [0.4, 0.5) is 0 Å². The van der Waals surface area contributed by atoms with Crippen LogP contribution in [0.1, 0.15) is 43.9 Å². The zero-order valence-corrected chi connectivity index (χ0v) is 16.6. The van der Waals surface area contributed by atoms with Gasteiger partial charge < -0.3 is 15.7 Å². The summed E-state index contributed by atoms with van der Waals surface area (Å²) in [6, 6.07) is 4.26. The van der Waals surface area contributed by atoms with E-state index in [-0.39, 0.29) is 30.1 Å². The number of nitrogens with zero attached hydrogens (tertiary/aromatic N) is 1. The Morgan fingerprint density at radius 2 is 2.27 bits per heavy atom. The predicted molar refractivity (Wildman–Crippen MR) is 105 cm³/mol. The first-order valence-electron chi connectivity index (χ1n) is 7.94. The average molecular weight is 437 g/mol. The van der Waals surface area contributed by atoms with E-state index in [0.29, 0.717) is 11.8 Å². The minimum absolute atomic E-state index is 0. The van der Waals surface area contributed by atoms with Gasteiger partial charge in [-0.1, -0.05) is 19.4 Å². The van der Waals surface area contributed by atoms with Gasteiger partial charge in [0.25, 0.3) is 0 Å². The number of aliphatic hydroxyl groups is 1. The fourth-order valence-corrected chi connectivity index (χ4v) is 3.49. The summed E-state index contributed by atoms with van der Waals surface area (Å²) in [7, 11) is 0. The Kier molecular flexibility index (Phi) is 9.35. The van der Waals surface area contributed by atoms with Crippen LogP contribution in [-0.4, -0.2) is 36.8 Å². The summed E-state index contributed by atoms with van der Waals surface area (Å²) in [5, 5.41) is 18.6. The summed E-state index contributed by atoms with van der Waals surface area (Å²) in [4.78, 5) is 6.05. The molecule has 0 saturated heterocycles. The zero-order valence-electron chi connectivity index (χ0n) is 13.4. The van der Waals surface area contributed by atoms with E-state index in [0.717, 1.165) is 44.9 Å². The maximum Gasteiger partial charge on any atom is 0.191 e. The molecule has 1 aliphatic carbocycles. The number of hydrogen-bond acceptors (Lipinski definition) is 3. The third kappa shape index (κ3) is 6.04. The molecule has 1 saturated carbocycles. The number of hydrogen-bond donors (Lipinski definition) is 3. The van der Waals surface area contributed by atoms with Gasteiger partial charge >= 0.3 is 0 Å². The SMILES string of the molecule is CCNC(=NCC(C)c1cccs1)NCC1CCCC1O.I. The first kappa shape index (κ1) is 19.7. The minimum atomic E-state index is -0.148. The molecule has 1 heterocycles. The van der Waals surface area contributed by atoms with Crippen molar-refractivity contribution in [2.24, 2.45) is 10.9 Å². The molecule has 0 bridgehead atoms. The molecule has 0 spiro atoms. The van der Waals surface area contributed by atoms with Crippen LogP contribution in [0.25, 0.3) is 0 Å². The molecule has 1 aromatic heterocycles. The maximum atomic E-state index is 9.88. The van der Waals surface area contributed by atoms with E-state index >= 15 is 0 Å². The van der Waals surface area contributed by atoms with Gasteiger partial charge in [-0.15, -0.1) is 35.3 Å². The van der Waals surface area contributed by atoms with Crippen molar-refractivity contribution in [3.8, 4) is 0 Å². The summed E-state index contributed by atoms with van der Waals surface area (Å²) in [6.45, 7) is 6.72. The molecule has 3 N–H and O–H groups in total. The molecule has 1 aromatic rings. The zero-order chi connectivity index (χ0) is 15.1. The van der Waals surface area contributed by atoms with Crippen LogP contribution in [0, 0.1) is 5.92 Å². The number of aliphatic imine (C=N–C) groups is 1. The maximum absolute atomic E-state index is 9.88. The van der Waals surface area contributed by atoms with E-state index < -0.39 is 0 Å². The number of nitrogens with one attached hydrogen (secondary N) is 2. The Morgan fingerprint density at radius 3 is 2.86 bits per heavy atom. The van der Waals surface area contributed by atoms with Crippen molar-refractivity contribution in [3.63, 3.8) is 0 Å². The van der Waals surface area contributed by atoms with Crippen molar-refractivity contribution >= 4 is 41.3 Å². The molecule has 6 heteroatoms. The Morgan fingerprint density at radius 1 is 1.45 bits per heavy atom. The second-order valence-electron chi connectivity index (χ2n) is 5.78. The quantitative estimate of drug-likeness (QED) is 0.364. The molecule has 3 atom stereocenters. The van der Waals surface area contributed by atoms with Gasteiger partial charge in [0, 0.05) is 29.8 Å². The molecule has 4 nitrogen and oxygen atoms in total. The van der Waals surface area contributed by atoms with Crippen LogP contribution in [0.5, 0.6) is 0 Å². The van der Waals surface area contributed by atoms with Gasteiger partial charge in [-0.05, 0) is 31.2 Å². The fraction of sp³-hybridized carbons (Fsp3) is 0.688. The molecule has 1 fully saturated rings. The lowest BCUT2D eigenvalue weighted by Gasteiger charge is -2.18. The van der Waals surface area contributed by atoms with Crippen LogP contribution >= 0.6 is 35.3 Å². The Bertz CT molecular complexity index is 439. The lowest BCUT2D eigenvalue weighted by Crippen LogP contribution is -2.41. The van der Waals surface area contributed by atoms with Crippen molar-refractivity contribution in [2.75, 3.05) is 19.6 Å². The first-order chi connectivity index (χ1) is 10.2. The van der Waals surface area contributed by atoms with E-state index in [1.807, 2.05) is 0 Å². The van der Waals surface area contributed by atoms with Gasteiger partial charge in [-0.25, -0.2) is 0 Å². The summed E-state index contributed by atoms with van der Waals surface area (Å²) in [5.74, 6) is 1.67. The highest BCUT2D eigenvalue weighted by Gasteiger charge is 2.24. The van der Waals surface area contributed by atoms with Crippen LogP contribution in [0.15, 0.2) is 22.5 Å². The number of rotatable bonds is 6. The summed E-state index contributed by atoms with van der Waals surface area (Å²) in [6.07, 6.45) is 3.04. The number of halogens is 1. The molecule has 1 aliphatic rings. The Labute approximate surface area is 154 Å². The number of aliphatic hydroxyl groups excluding tert-OH is 1. The second kappa shape index (κ2) is 10.4. The molecule has 126 valence electrons. The van der Waals surface area contributed by atoms with Crippen molar-refractivity contribution in [1.29, 1.82) is 0 Å². The topological polar surface area (TPSA) is 56.7 Å². The molecule has 0 amide bonds. The van der Waals surface area contributed by atoms with Crippen LogP contribution in [-0.2, 0) is 0 Å². The first-order valence-corrected chi connectivity index (χ1v) is 8.82. The average Bonchev–Trinajstić information content (AvgIpc) is 3.13. The third-order valence-corrected chi connectivity index (χ3v) is 5.15. The predicted octanol–water partition coefficient (Wildman–Crippen LogP) is 3.19. The second-order valence-corrected chi connectivity index (χ2v) is 6.75. The van der Waals surface area contributed by atoms with Gasteiger partial charge in [0.05, 0.1) is 12.6 Å². The molecule has 0 aliphatic heterocycles. The molecule has 0 radical (unpaired) electrons. The van der Waals surface area contributed by atoms with E-state index in [1.54, 1.807) is 11.3 Å². The molecular weight excluding hydrogens is 409 g/mol. The van der Waals surface area contributed by atoms with Crippen LogP contribution in [0.3, 0.4) is 0 Å². The van der Waals surface area contributed by atoms with E-state index in [1.165, 1.54) is 4.88 Å². The fourth-order valence-electron chi connectivity index (χ4n) is 2.71. The van der Waals surface area contributed by atoms with Gasteiger partial charge in [0.2, 0.25) is 0 Å². The monoisotopic (exact) mass is 437 g/mol. The molecule has 2 rings (SSSR count).